The van der Waals surface area contributed by atoms with Gasteiger partial charge in [-0.05, 0) is 25.1 Å². The van der Waals surface area contributed by atoms with Gasteiger partial charge in [0.1, 0.15) is 0 Å². The monoisotopic (exact) mass is 356 g/mol. The first-order chi connectivity index (χ1) is 12.0. The summed E-state index contributed by atoms with van der Waals surface area (Å²) in [6.07, 6.45) is 1.36. The number of hydrogen-bond donors (Lipinski definition) is 1. The average molecular weight is 357 g/mol. The van der Waals surface area contributed by atoms with Crippen LogP contribution in [0.4, 0.5) is 11.4 Å². The lowest BCUT2D eigenvalue weighted by Gasteiger charge is -1.99. The molecule has 0 amide bonds. The number of nitrogens with one attached hydrogen (secondary N) is 1. The zero-order valence-electron chi connectivity index (χ0n) is 13.1. The van der Waals surface area contributed by atoms with E-state index in [1.165, 1.54) is 29.1 Å². The second kappa shape index (κ2) is 6.74. The van der Waals surface area contributed by atoms with Gasteiger partial charge in [-0.15, -0.1) is 0 Å². The molecule has 126 valence electrons. The number of rotatable bonds is 4. The van der Waals surface area contributed by atoms with E-state index in [9.17, 15) is 14.9 Å². The van der Waals surface area contributed by atoms with Gasteiger partial charge in [-0.1, -0.05) is 29.8 Å². The zero-order valence-corrected chi connectivity index (χ0v) is 13.9. The summed E-state index contributed by atoms with van der Waals surface area (Å²) in [5, 5.41) is 14.1. The molecule has 0 spiro atoms. The molecule has 0 atom stereocenters. The van der Waals surface area contributed by atoms with Gasteiger partial charge in [0.25, 0.3) is 11.2 Å². The molecular formula is C17H13ClN4O3. The molecule has 0 aliphatic rings. The van der Waals surface area contributed by atoms with Crippen LogP contribution in [-0.2, 0) is 0 Å². The van der Waals surface area contributed by atoms with Crippen LogP contribution in [0.15, 0.2) is 58.3 Å². The Morgan fingerprint density at radius 1 is 1.24 bits per heavy atom. The van der Waals surface area contributed by atoms with Crippen LogP contribution in [0.3, 0.4) is 0 Å². The standard InChI is InChI=1S/C17H13ClN4O3/c1-11-14(17(23)21(20-11)12-5-3-2-4-6-12)10-19-16-9-13(22(24)25)7-8-15(16)18/h2-10,20H,1H3. The summed E-state index contributed by atoms with van der Waals surface area (Å²) in [6, 6.07) is 13.1. The lowest BCUT2D eigenvalue weighted by atomic mass is 10.2. The Morgan fingerprint density at radius 3 is 2.64 bits per heavy atom. The highest BCUT2D eigenvalue weighted by atomic mass is 35.5. The number of aryl methyl sites for hydroxylation is 1. The Labute approximate surface area is 147 Å². The number of nitro benzene ring substituents is 1. The summed E-state index contributed by atoms with van der Waals surface area (Å²) in [6.45, 7) is 1.75. The van der Waals surface area contributed by atoms with E-state index in [4.69, 9.17) is 11.6 Å². The van der Waals surface area contributed by atoms with Crippen LogP contribution in [-0.4, -0.2) is 20.9 Å². The highest BCUT2D eigenvalue weighted by Gasteiger charge is 2.12. The molecule has 25 heavy (non-hydrogen) atoms. The fourth-order valence-electron chi connectivity index (χ4n) is 2.32. The maximum absolute atomic E-state index is 12.6. The number of H-pyrrole nitrogens is 1. The Balaban J connectivity index is 2.01. The van der Waals surface area contributed by atoms with Crippen molar-refractivity contribution in [2.75, 3.05) is 0 Å². The second-order valence-electron chi connectivity index (χ2n) is 5.28. The molecule has 0 aliphatic carbocycles. The molecule has 0 radical (unpaired) electrons. The highest BCUT2D eigenvalue weighted by molar-refractivity contribution is 6.33. The third-order valence-corrected chi connectivity index (χ3v) is 3.92. The second-order valence-corrected chi connectivity index (χ2v) is 5.68. The minimum atomic E-state index is -0.528. The van der Waals surface area contributed by atoms with E-state index < -0.39 is 4.92 Å². The summed E-state index contributed by atoms with van der Waals surface area (Å²) < 4.78 is 1.41. The molecule has 1 aromatic heterocycles. The summed E-state index contributed by atoms with van der Waals surface area (Å²) in [7, 11) is 0. The molecule has 3 rings (SSSR count). The van der Waals surface area contributed by atoms with Gasteiger partial charge < -0.3 is 0 Å². The Bertz CT molecular complexity index is 1020. The third-order valence-electron chi connectivity index (χ3n) is 3.60. The van der Waals surface area contributed by atoms with Crippen molar-refractivity contribution in [3.05, 3.63) is 85.3 Å². The quantitative estimate of drug-likeness (QED) is 0.438. The molecule has 1 N–H and O–H groups in total. The molecule has 2 aromatic carbocycles. The van der Waals surface area contributed by atoms with E-state index in [1.807, 2.05) is 18.2 Å². The number of aromatic amines is 1. The molecule has 0 unspecified atom stereocenters. The maximum atomic E-state index is 12.6. The number of aliphatic imine (C=N–C) groups is 1. The van der Waals surface area contributed by atoms with Gasteiger partial charge >= 0.3 is 0 Å². The van der Waals surface area contributed by atoms with E-state index >= 15 is 0 Å². The lowest BCUT2D eigenvalue weighted by molar-refractivity contribution is -0.384. The molecule has 0 fully saturated rings. The van der Waals surface area contributed by atoms with Gasteiger partial charge in [0.2, 0.25) is 0 Å². The summed E-state index contributed by atoms with van der Waals surface area (Å²) >= 11 is 6.02. The van der Waals surface area contributed by atoms with Crippen LogP contribution in [0.1, 0.15) is 11.3 Å². The third kappa shape index (κ3) is 3.36. The summed E-state index contributed by atoms with van der Waals surface area (Å²) in [5.41, 5.74) is 1.51. The maximum Gasteiger partial charge on any atom is 0.280 e. The van der Waals surface area contributed by atoms with Crippen molar-refractivity contribution in [1.29, 1.82) is 0 Å². The molecule has 7 nitrogen and oxygen atoms in total. The number of nitrogens with zero attached hydrogens (tertiary/aromatic N) is 3. The number of nitro groups is 1. The highest BCUT2D eigenvalue weighted by Crippen LogP contribution is 2.29. The average Bonchev–Trinajstić information content (AvgIpc) is 2.89. The molecule has 3 aromatic rings. The zero-order chi connectivity index (χ0) is 18.0. The first-order valence-electron chi connectivity index (χ1n) is 7.32. The molecule has 0 saturated carbocycles. The minimum absolute atomic E-state index is 0.121. The molecular weight excluding hydrogens is 344 g/mol. The number of hydrogen-bond acceptors (Lipinski definition) is 4. The van der Waals surface area contributed by atoms with E-state index in [0.717, 1.165) is 0 Å². The van der Waals surface area contributed by atoms with Crippen molar-refractivity contribution < 1.29 is 4.92 Å². The Kier molecular flexibility index (Phi) is 4.49. The van der Waals surface area contributed by atoms with Gasteiger partial charge in [-0.25, -0.2) is 4.68 Å². The van der Waals surface area contributed by atoms with Crippen molar-refractivity contribution in [2.24, 2.45) is 4.99 Å². The first-order valence-corrected chi connectivity index (χ1v) is 7.70. The topological polar surface area (TPSA) is 93.3 Å². The van der Waals surface area contributed by atoms with Crippen LogP contribution < -0.4 is 5.56 Å². The van der Waals surface area contributed by atoms with Crippen LogP contribution >= 0.6 is 11.6 Å². The first kappa shape index (κ1) is 16.7. The predicted octanol–water partition coefficient (Wildman–Crippen LogP) is 3.79. The fraction of sp³-hybridized carbons (Fsp3) is 0.0588. The predicted molar refractivity (Wildman–Crippen MR) is 96.5 cm³/mol. The van der Waals surface area contributed by atoms with Crippen LogP contribution in [0.25, 0.3) is 5.69 Å². The van der Waals surface area contributed by atoms with Gasteiger partial charge in [0, 0.05) is 24.0 Å². The largest absolute Gasteiger partial charge is 0.295 e. The normalized spacial score (nSPS) is 11.1. The van der Waals surface area contributed by atoms with Crippen molar-refractivity contribution in [3.63, 3.8) is 0 Å². The van der Waals surface area contributed by atoms with E-state index in [1.54, 1.807) is 19.1 Å². The van der Waals surface area contributed by atoms with Gasteiger partial charge in [-0.3, -0.25) is 25.0 Å². The molecule has 0 saturated heterocycles. The van der Waals surface area contributed by atoms with Crippen LogP contribution in [0.2, 0.25) is 5.02 Å². The Hall–Kier alpha value is -3.19. The summed E-state index contributed by atoms with van der Waals surface area (Å²) in [5.74, 6) is 0. The fourth-order valence-corrected chi connectivity index (χ4v) is 2.48. The number of aromatic nitrogens is 2. The van der Waals surface area contributed by atoms with E-state index in [0.29, 0.717) is 16.9 Å². The molecule has 0 bridgehead atoms. The van der Waals surface area contributed by atoms with Crippen molar-refractivity contribution >= 4 is 29.2 Å². The van der Waals surface area contributed by atoms with Crippen LogP contribution in [0.5, 0.6) is 0 Å². The smallest absolute Gasteiger partial charge is 0.280 e. The SMILES string of the molecule is Cc1[nH]n(-c2ccccc2)c(=O)c1C=Nc1cc([N+](=O)[O-])ccc1Cl. The van der Waals surface area contributed by atoms with E-state index in [2.05, 4.69) is 10.1 Å². The number of benzene rings is 2. The van der Waals surface area contributed by atoms with Crippen molar-refractivity contribution in [3.8, 4) is 5.69 Å². The number of para-hydroxylation sites is 1. The Morgan fingerprint density at radius 2 is 1.96 bits per heavy atom. The number of non-ortho nitro benzene ring substituents is 1. The van der Waals surface area contributed by atoms with E-state index in [-0.39, 0.29) is 22.0 Å². The minimum Gasteiger partial charge on any atom is -0.295 e. The molecule has 0 aliphatic heterocycles. The van der Waals surface area contributed by atoms with Crippen molar-refractivity contribution in [2.45, 2.75) is 6.92 Å². The van der Waals surface area contributed by atoms with Gasteiger partial charge in [-0.2, -0.15) is 0 Å². The lowest BCUT2D eigenvalue weighted by Crippen LogP contribution is -2.17. The van der Waals surface area contributed by atoms with Crippen LogP contribution in [0, 0.1) is 17.0 Å². The van der Waals surface area contributed by atoms with Gasteiger partial charge in [0.05, 0.1) is 26.9 Å². The number of halogens is 1. The summed E-state index contributed by atoms with van der Waals surface area (Å²) in [4.78, 5) is 27.1. The molecule has 8 heteroatoms. The van der Waals surface area contributed by atoms with Crippen molar-refractivity contribution in [1.82, 2.24) is 9.78 Å². The molecule has 1 heterocycles. The van der Waals surface area contributed by atoms with Gasteiger partial charge in [0.15, 0.2) is 0 Å².